The fraction of sp³-hybridized carbons (Fsp3) is 0.400. The first-order valence-corrected chi connectivity index (χ1v) is 10.9. The van der Waals surface area contributed by atoms with Crippen molar-refractivity contribution >= 4 is 16.0 Å². The smallest absolute Gasteiger partial charge is 0.264 e. The first-order chi connectivity index (χ1) is 13.4. The van der Waals surface area contributed by atoms with Crippen LogP contribution in [0.4, 0.5) is 0 Å². The molecule has 0 spiro atoms. The molecule has 3 rings (SSSR count). The highest BCUT2D eigenvalue weighted by Gasteiger charge is 2.36. The number of likely N-dealkylation sites (tertiary alicyclic amines) is 1. The maximum absolute atomic E-state index is 13.2. The highest BCUT2D eigenvalue weighted by atomic mass is 32.2. The quantitative estimate of drug-likeness (QED) is 0.658. The molecule has 150 valence electrons. The van der Waals surface area contributed by atoms with Crippen molar-refractivity contribution in [2.24, 2.45) is 5.92 Å². The summed E-state index contributed by atoms with van der Waals surface area (Å²) < 4.78 is 33.0. The summed E-state index contributed by atoms with van der Waals surface area (Å²) >= 11 is 0. The van der Waals surface area contributed by atoms with E-state index in [-0.39, 0.29) is 18.4 Å². The minimum Gasteiger partial charge on any atom is -0.481 e. The number of ether oxygens (including phenoxy) is 1. The van der Waals surface area contributed by atoms with Crippen LogP contribution in [-0.2, 0) is 25.6 Å². The number of methoxy groups -OCH3 is 1. The minimum atomic E-state index is -3.55. The highest BCUT2D eigenvalue weighted by Crippen LogP contribution is 2.32. The zero-order chi connectivity index (χ0) is 20.1. The minimum absolute atomic E-state index is 0.0276. The third kappa shape index (κ3) is 5.30. The average molecular weight is 404 g/mol. The number of aromatic nitrogens is 1. The first kappa shape index (κ1) is 20.3. The number of carbonyl (C=O) groups is 1. The van der Waals surface area contributed by atoms with Gasteiger partial charge in [-0.15, -0.1) is 0 Å². The molecule has 0 N–H and O–H groups in total. The molecule has 7 nitrogen and oxygen atoms in total. The fourth-order valence-corrected chi connectivity index (χ4v) is 3.84. The summed E-state index contributed by atoms with van der Waals surface area (Å²) in [7, 11) is -2.02. The lowest BCUT2D eigenvalue weighted by Crippen LogP contribution is -2.45. The lowest BCUT2D eigenvalue weighted by molar-refractivity contribution is -0.138. The zero-order valence-electron chi connectivity index (χ0n) is 15.9. The van der Waals surface area contributed by atoms with Crippen LogP contribution in [0.15, 0.2) is 48.5 Å². The van der Waals surface area contributed by atoms with E-state index in [1.165, 1.54) is 7.11 Å². The van der Waals surface area contributed by atoms with Crippen LogP contribution in [0.25, 0.3) is 0 Å². The summed E-state index contributed by atoms with van der Waals surface area (Å²) in [6, 6.07) is 15.0. The van der Waals surface area contributed by atoms with Crippen molar-refractivity contribution in [3.8, 4) is 5.88 Å². The van der Waals surface area contributed by atoms with Crippen molar-refractivity contribution in [3.05, 3.63) is 59.8 Å². The SMILES string of the molecule is COc1cccc([C@H]2C[C@@H](COS(C)(=O)=O)CN(Cc3ccccc3)C2=O)n1. The Morgan fingerprint density at radius 1 is 1.14 bits per heavy atom. The Balaban J connectivity index is 1.85. The summed E-state index contributed by atoms with van der Waals surface area (Å²) in [6.07, 6.45) is 1.50. The van der Waals surface area contributed by atoms with Crippen LogP contribution < -0.4 is 4.74 Å². The summed E-state index contributed by atoms with van der Waals surface area (Å²) in [6.45, 7) is 0.928. The van der Waals surface area contributed by atoms with Gasteiger partial charge >= 0.3 is 0 Å². The number of rotatable bonds is 7. The number of piperidine rings is 1. The van der Waals surface area contributed by atoms with Gasteiger partial charge in [-0.25, -0.2) is 4.98 Å². The number of hydrogen-bond donors (Lipinski definition) is 0. The number of pyridine rings is 1. The van der Waals surface area contributed by atoms with Crippen molar-refractivity contribution in [1.29, 1.82) is 0 Å². The molecule has 1 aromatic heterocycles. The molecule has 0 bridgehead atoms. The van der Waals surface area contributed by atoms with Gasteiger partial charge in [0.05, 0.1) is 31.6 Å². The molecular formula is C20H24N2O5S. The highest BCUT2D eigenvalue weighted by molar-refractivity contribution is 7.85. The number of nitrogens with zero attached hydrogens (tertiary/aromatic N) is 2. The molecule has 2 aromatic rings. The average Bonchev–Trinajstić information content (AvgIpc) is 2.68. The molecule has 1 aromatic carbocycles. The first-order valence-electron chi connectivity index (χ1n) is 9.04. The van der Waals surface area contributed by atoms with Gasteiger partial charge in [-0.2, -0.15) is 8.42 Å². The van der Waals surface area contributed by atoms with E-state index in [9.17, 15) is 13.2 Å². The van der Waals surface area contributed by atoms with Gasteiger partial charge in [0.25, 0.3) is 10.1 Å². The Morgan fingerprint density at radius 3 is 2.57 bits per heavy atom. The molecule has 1 aliphatic rings. The lowest BCUT2D eigenvalue weighted by Gasteiger charge is -2.37. The van der Waals surface area contributed by atoms with E-state index in [1.54, 1.807) is 23.1 Å². The van der Waals surface area contributed by atoms with Crippen LogP contribution >= 0.6 is 0 Å². The fourth-order valence-electron chi connectivity index (χ4n) is 3.40. The molecule has 28 heavy (non-hydrogen) atoms. The van der Waals surface area contributed by atoms with Crippen molar-refractivity contribution in [1.82, 2.24) is 9.88 Å². The Hall–Kier alpha value is -2.45. The van der Waals surface area contributed by atoms with Gasteiger partial charge in [-0.1, -0.05) is 36.4 Å². The molecule has 0 unspecified atom stereocenters. The van der Waals surface area contributed by atoms with E-state index in [4.69, 9.17) is 8.92 Å². The van der Waals surface area contributed by atoms with Crippen LogP contribution in [-0.4, -0.2) is 50.7 Å². The van der Waals surface area contributed by atoms with E-state index >= 15 is 0 Å². The normalized spacial score (nSPS) is 20.2. The molecule has 8 heteroatoms. The molecular weight excluding hydrogens is 380 g/mol. The maximum atomic E-state index is 13.2. The standard InChI is InChI=1S/C20H24N2O5S/c1-26-19-10-6-9-18(21-19)17-11-16(14-27-28(2,24)25)13-22(20(17)23)12-15-7-4-3-5-8-15/h3-10,16-17H,11-14H2,1-2H3/t16-,17-/m1/s1. The van der Waals surface area contributed by atoms with Crippen molar-refractivity contribution in [2.75, 3.05) is 26.5 Å². The number of carbonyl (C=O) groups excluding carboxylic acids is 1. The number of hydrogen-bond acceptors (Lipinski definition) is 6. The summed E-state index contributed by atoms with van der Waals surface area (Å²) in [5.74, 6) is -0.176. The van der Waals surface area contributed by atoms with E-state index in [1.807, 2.05) is 30.3 Å². The Morgan fingerprint density at radius 2 is 1.89 bits per heavy atom. The molecule has 1 saturated heterocycles. The van der Waals surface area contributed by atoms with Gasteiger partial charge in [0.2, 0.25) is 11.8 Å². The summed E-state index contributed by atoms with van der Waals surface area (Å²) in [4.78, 5) is 19.3. The van der Waals surface area contributed by atoms with Gasteiger partial charge in [-0.05, 0) is 18.1 Å². The molecule has 0 aliphatic carbocycles. The lowest BCUT2D eigenvalue weighted by atomic mass is 9.86. The number of benzene rings is 1. The monoisotopic (exact) mass is 404 g/mol. The van der Waals surface area contributed by atoms with Gasteiger partial charge < -0.3 is 9.64 Å². The van der Waals surface area contributed by atoms with Gasteiger partial charge in [0, 0.05) is 25.1 Å². The van der Waals surface area contributed by atoms with Crippen LogP contribution in [0, 0.1) is 5.92 Å². The van der Waals surface area contributed by atoms with Gasteiger partial charge in [0.15, 0.2) is 0 Å². The predicted octanol–water partition coefficient (Wildman–Crippen LogP) is 2.20. The van der Waals surface area contributed by atoms with Gasteiger partial charge in [0.1, 0.15) is 0 Å². The van der Waals surface area contributed by atoms with Crippen LogP contribution in [0.2, 0.25) is 0 Å². The van der Waals surface area contributed by atoms with Crippen LogP contribution in [0.1, 0.15) is 23.6 Å². The van der Waals surface area contributed by atoms with Gasteiger partial charge in [-0.3, -0.25) is 8.98 Å². The second kappa shape index (κ2) is 8.70. The van der Waals surface area contributed by atoms with Crippen LogP contribution in [0.5, 0.6) is 5.88 Å². The maximum Gasteiger partial charge on any atom is 0.264 e. The largest absolute Gasteiger partial charge is 0.481 e. The zero-order valence-corrected chi connectivity index (χ0v) is 16.8. The third-order valence-corrected chi connectivity index (χ3v) is 5.27. The second-order valence-electron chi connectivity index (χ2n) is 6.95. The summed E-state index contributed by atoms with van der Waals surface area (Å²) in [5, 5.41) is 0. The molecule has 1 amide bonds. The van der Waals surface area contributed by atoms with E-state index in [2.05, 4.69) is 4.98 Å². The van der Waals surface area contributed by atoms with E-state index < -0.39 is 16.0 Å². The predicted molar refractivity (Wildman–Crippen MR) is 104 cm³/mol. The molecule has 2 heterocycles. The van der Waals surface area contributed by atoms with Crippen LogP contribution in [0.3, 0.4) is 0 Å². The Labute approximate surface area is 165 Å². The molecule has 1 fully saturated rings. The van der Waals surface area contributed by atoms with Crippen molar-refractivity contribution < 1.29 is 22.1 Å². The van der Waals surface area contributed by atoms with E-state index in [0.29, 0.717) is 31.1 Å². The van der Waals surface area contributed by atoms with Crippen molar-refractivity contribution in [2.45, 2.75) is 18.9 Å². The third-order valence-electron chi connectivity index (χ3n) is 4.70. The summed E-state index contributed by atoms with van der Waals surface area (Å²) in [5.41, 5.74) is 1.63. The molecule has 0 radical (unpaired) electrons. The Bertz CT molecular complexity index is 917. The number of amides is 1. The molecule has 2 atom stereocenters. The second-order valence-corrected chi connectivity index (χ2v) is 8.60. The van der Waals surface area contributed by atoms with Crippen molar-refractivity contribution in [3.63, 3.8) is 0 Å². The topological polar surface area (TPSA) is 85.8 Å². The molecule has 0 saturated carbocycles. The molecule has 1 aliphatic heterocycles. The van der Waals surface area contributed by atoms with E-state index in [0.717, 1.165) is 11.8 Å². The Kier molecular flexibility index (Phi) is 6.31.